The molecule has 1 aromatic carbocycles. The van der Waals surface area contributed by atoms with Gasteiger partial charge in [0.2, 0.25) is 15.8 Å². The predicted octanol–water partition coefficient (Wildman–Crippen LogP) is 3.09. The number of aromatic amines is 2. The Bertz CT molecular complexity index is 1400. The van der Waals surface area contributed by atoms with Gasteiger partial charge < -0.3 is 10.3 Å². The van der Waals surface area contributed by atoms with Gasteiger partial charge in [-0.05, 0) is 18.6 Å². The van der Waals surface area contributed by atoms with E-state index in [9.17, 15) is 17.6 Å². The van der Waals surface area contributed by atoms with Crippen molar-refractivity contribution in [3.8, 4) is 0 Å². The summed E-state index contributed by atoms with van der Waals surface area (Å²) in [7, 11) is -3.86. The van der Waals surface area contributed by atoms with Crippen LogP contribution < -0.4 is 10.0 Å². The number of carbonyl (C=O) groups is 1. The maximum absolute atomic E-state index is 15.1. The zero-order valence-electron chi connectivity index (χ0n) is 16.6. The fourth-order valence-corrected chi connectivity index (χ4v) is 4.29. The lowest BCUT2D eigenvalue weighted by molar-refractivity contribution is 0.103. The molecule has 4 aromatic rings. The molecule has 0 unspecified atom stereocenters. The molecule has 10 nitrogen and oxygen atoms in total. The maximum Gasteiger partial charge on any atom is 0.232 e. The molecule has 0 aliphatic carbocycles. The lowest BCUT2D eigenvalue weighted by atomic mass is 10.0. The highest BCUT2D eigenvalue weighted by molar-refractivity contribution is 7.92. The number of nitrogens with one attached hydrogen (secondary N) is 4. The quantitative estimate of drug-likeness (QED) is 0.295. The van der Waals surface area contributed by atoms with Crippen LogP contribution in [0.15, 0.2) is 37.1 Å². The molecule has 3 aromatic heterocycles. The van der Waals surface area contributed by atoms with Crippen molar-refractivity contribution >= 4 is 44.0 Å². The summed E-state index contributed by atoms with van der Waals surface area (Å²) >= 11 is 0. The van der Waals surface area contributed by atoms with E-state index in [1.54, 1.807) is 13.1 Å². The first-order chi connectivity index (χ1) is 15.3. The fraction of sp³-hybridized carbons (Fsp3) is 0.158. The molecule has 0 atom stereocenters. The van der Waals surface area contributed by atoms with E-state index in [2.05, 4.69) is 35.2 Å². The molecule has 0 spiro atoms. The standard InChI is InChI=1S/C19H17F2N7O3S/c1-2-5-32(30,31)28-13-4-3-12(20)15(16(13)21)17(29)11-8-22-18-14(11)19(24-9-23-18)27-10-6-25-26-7-10/h3-4,6-9,28H,2,5H2,1H3,(H,25,26)(H2,22,23,24,27). The van der Waals surface area contributed by atoms with Gasteiger partial charge in [0.25, 0.3) is 0 Å². The SMILES string of the molecule is CCCS(=O)(=O)Nc1ccc(F)c(C(=O)c2c[nH]c3ncnc(Nc4cn[nH]c4)c23)c1F. The Morgan fingerprint density at radius 2 is 2.00 bits per heavy atom. The lowest BCUT2D eigenvalue weighted by Gasteiger charge is -2.12. The molecule has 0 aliphatic heterocycles. The second-order valence-corrected chi connectivity index (χ2v) is 8.64. The summed E-state index contributed by atoms with van der Waals surface area (Å²) in [6.45, 7) is 1.64. The third-order valence-electron chi connectivity index (χ3n) is 4.53. The Hall–Kier alpha value is -3.87. The molecule has 3 heterocycles. The van der Waals surface area contributed by atoms with Gasteiger partial charge in [-0.3, -0.25) is 14.6 Å². The molecule has 166 valence electrons. The molecule has 0 aliphatic rings. The van der Waals surface area contributed by atoms with Crippen LogP contribution in [0.3, 0.4) is 0 Å². The van der Waals surface area contributed by atoms with Crippen molar-refractivity contribution in [1.82, 2.24) is 25.1 Å². The summed E-state index contributed by atoms with van der Waals surface area (Å²) in [6, 6.07) is 1.76. The molecular formula is C19H17F2N7O3S. The van der Waals surface area contributed by atoms with Gasteiger partial charge in [-0.25, -0.2) is 27.2 Å². The smallest absolute Gasteiger partial charge is 0.232 e. The van der Waals surface area contributed by atoms with E-state index in [0.717, 1.165) is 12.1 Å². The van der Waals surface area contributed by atoms with Crippen molar-refractivity contribution in [3.05, 3.63) is 59.8 Å². The highest BCUT2D eigenvalue weighted by Gasteiger charge is 2.27. The van der Waals surface area contributed by atoms with Gasteiger partial charge in [0.15, 0.2) is 5.82 Å². The van der Waals surface area contributed by atoms with Crippen molar-refractivity contribution in [1.29, 1.82) is 0 Å². The first-order valence-electron chi connectivity index (χ1n) is 9.41. The monoisotopic (exact) mass is 461 g/mol. The van der Waals surface area contributed by atoms with Crippen LogP contribution in [0.4, 0.5) is 26.0 Å². The van der Waals surface area contributed by atoms with Gasteiger partial charge >= 0.3 is 0 Å². The largest absolute Gasteiger partial charge is 0.345 e. The zero-order chi connectivity index (χ0) is 22.9. The van der Waals surface area contributed by atoms with Crippen LogP contribution in [-0.4, -0.2) is 45.1 Å². The molecule has 0 amide bonds. The summed E-state index contributed by atoms with van der Waals surface area (Å²) in [5.41, 5.74) is -0.723. The maximum atomic E-state index is 15.1. The number of halogens is 2. The first kappa shape index (κ1) is 21.4. The van der Waals surface area contributed by atoms with Gasteiger partial charge in [-0.1, -0.05) is 6.92 Å². The first-order valence-corrected chi connectivity index (χ1v) is 11.1. The van der Waals surface area contributed by atoms with Crippen LogP contribution in [0, 0.1) is 11.6 Å². The number of anilines is 3. The van der Waals surface area contributed by atoms with Gasteiger partial charge in [0.1, 0.15) is 23.6 Å². The third-order valence-corrected chi connectivity index (χ3v) is 6.01. The number of aromatic nitrogens is 5. The summed E-state index contributed by atoms with van der Waals surface area (Å²) in [4.78, 5) is 24.1. The van der Waals surface area contributed by atoms with Crippen LogP contribution in [0.5, 0.6) is 0 Å². The minimum absolute atomic E-state index is 0.0991. The molecule has 0 saturated carbocycles. The van der Waals surface area contributed by atoms with Gasteiger partial charge in [0, 0.05) is 12.4 Å². The van der Waals surface area contributed by atoms with Crippen molar-refractivity contribution in [2.45, 2.75) is 13.3 Å². The number of H-pyrrole nitrogens is 2. The number of ketones is 1. The van der Waals surface area contributed by atoms with E-state index in [1.165, 1.54) is 18.7 Å². The average Bonchev–Trinajstić information content (AvgIpc) is 3.40. The topological polar surface area (TPSA) is 146 Å². The normalized spacial score (nSPS) is 11.6. The van der Waals surface area contributed by atoms with E-state index < -0.39 is 38.7 Å². The minimum Gasteiger partial charge on any atom is -0.345 e. The lowest BCUT2D eigenvalue weighted by Crippen LogP contribution is -2.18. The van der Waals surface area contributed by atoms with Crippen LogP contribution in [-0.2, 0) is 10.0 Å². The number of benzene rings is 1. The summed E-state index contributed by atoms with van der Waals surface area (Å²) in [6.07, 6.45) is 5.83. The number of hydrogen-bond acceptors (Lipinski definition) is 7. The Morgan fingerprint density at radius 1 is 1.19 bits per heavy atom. The number of fused-ring (bicyclic) bond motifs is 1. The zero-order valence-corrected chi connectivity index (χ0v) is 17.4. The number of nitrogens with zero attached hydrogens (tertiary/aromatic N) is 3. The number of rotatable bonds is 8. The van der Waals surface area contributed by atoms with Gasteiger partial charge in [-0.2, -0.15) is 5.10 Å². The molecular weight excluding hydrogens is 444 g/mol. The molecule has 4 N–H and O–H groups in total. The Morgan fingerprint density at radius 3 is 2.72 bits per heavy atom. The number of hydrogen-bond donors (Lipinski definition) is 4. The molecule has 0 bridgehead atoms. The highest BCUT2D eigenvalue weighted by Crippen LogP contribution is 2.30. The molecule has 0 saturated heterocycles. The Balaban J connectivity index is 1.79. The Kier molecular flexibility index (Phi) is 5.57. The second kappa shape index (κ2) is 8.34. The number of sulfonamides is 1. The minimum atomic E-state index is -3.86. The van der Waals surface area contributed by atoms with Crippen molar-refractivity contribution in [2.24, 2.45) is 0 Å². The molecule has 13 heteroatoms. The predicted molar refractivity (Wildman–Crippen MR) is 113 cm³/mol. The highest BCUT2D eigenvalue weighted by atomic mass is 32.2. The van der Waals surface area contributed by atoms with Crippen molar-refractivity contribution in [2.75, 3.05) is 15.8 Å². The number of carbonyl (C=O) groups excluding carboxylic acids is 1. The van der Waals surface area contributed by atoms with Crippen molar-refractivity contribution < 1.29 is 22.0 Å². The molecule has 4 rings (SSSR count). The summed E-state index contributed by atoms with van der Waals surface area (Å²) in [5.74, 6) is -3.50. The molecule has 32 heavy (non-hydrogen) atoms. The summed E-state index contributed by atoms with van der Waals surface area (Å²) < 4.78 is 55.8. The van der Waals surface area contributed by atoms with E-state index in [-0.39, 0.29) is 28.2 Å². The third kappa shape index (κ3) is 4.01. The average molecular weight is 461 g/mol. The Labute approximate surface area is 180 Å². The van der Waals surface area contributed by atoms with Crippen molar-refractivity contribution in [3.63, 3.8) is 0 Å². The molecule has 0 radical (unpaired) electrons. The van der Waals surface area contributed by atoms with E-state index in [4.69, 9.17) is 0 Å². The van der Waals surface area contributed by atoms with E-state index in [1.807, 2.05) is 0 Å². The summed E-state index contributed by atoms with van der Waals surface area (Å²) in [5, 5.41) is 9.58. The van der Waals surface area contributed by atoms with Crippen LogP contribution in [0.1, 0.15) is 29.3 Å². The van der Waals surface area contributed by atoms with E-state index in [0.29, 0.717) is 12.1 Å². The van der Waals surface area contributed by atoms with Gasteiger partial charge in [0.05, 0.1) is 39.8 Å². The second-order valence-electron chi connectivity index (χ2n) is 6.79. The van der Waals surface area contributed by atoms with E-state index >= 15 is 4.39 Å². The van der Waals surface area contributed by atoms with Crippen LogP contribution in [0.25, 0.3) is 11.0 Å². The fourth-order valence-electron chi connectivity index (χ4n) is 3.15. The van der Waals surface area contributed by atoms with Crippen LogP contribution in [0.2, 0.25) is 0 Å². The molecule has 0 fully saturated rings. The van der Waals surface area contributed by atoms with Crippen LogP contribution >= 0.6 is 0 Å². The van der Waals surface area contributed by atoms with Gasteiger partial charge in [-0.15, -0.1) is 0 Å².